The number of para-hydroxylation sites is 1. The average Bonchev–Trinajstić information content (AvgIpc) is 3.38. The highest BCUT2D eigenvalue weighted by molar-refractivity contribution is 5.83. The van der Waals surface area contributed by atoms with Crippen molar-refractivity contribution in [3.63, 3.8) is 0 Å². The summed E-state index contributed by atoms with van der Waals surface area (Å²) < 4.78 is 20.8. The maximum Gasteiger partial charge on any atom is 0.251 e. The summed E-state index contributed by atoms with van der Waals surface area (Å²) >= 11 is 0. The Balaban J connectivity index is 1.23. The van der Waals surface area contributed by atoms with Gasteiger partial charge in [0.05, 0.1) is 5.52 Å². The molecule has 5 heteroatoms. The van der Waals surface area contributed by atoms with Crippen molar-refractivity contribution >= 4 is 16.8 Å². The molecule has 0 aliphatic carbocycles. The topological polar surface area (TPSA) is 42.4 Å². The summed E-state index contributed by atoms with van der Waals surface area (Å²) in [6, 6.07) is 17.9. The van der Waals surface area contributed by atoms with Crippen LogP contribution in [0.25, 0.3) is 22.0 Å². The third-order valence-electron chi connectivity index (χ3n) is 6.62. The summed E-state index contributed by atoms with van der Waals surface area (Å²) in [6.45, 7) is 1.90. The van der Waals surface area contributed by atoms with Crippen LogP contribution in [0.15, 0.2) is 60.8 Å². The summed E-state index contributed by atoms with van der Waals surface area (Å²) in [5.74, 6) is 0.0291. The number of rotatable bonds is 4. The Morgan fingerprint density at radius 3 is 2.55 bits per heavy atom. The van der Waals surface area contributed by atoms with Gasteiger partial charge in [-0.2, -0.15) is 0 Å². The van der Waals surface area contributed by atoms with E-state index in [4.69, 9.17) is 4.74 Å². The Morgan fingerprint density at radius 1 is 1.03 bits per heavy atom. The van der Waals surface area contributed by atoms with Crippen LogP contribution in [0.5, 0.6) is 0 Å². The first-order chi connectivity index (χ1) is 15.2. The van der Waals surface area contributed by atoms with Crippen LogP contribution in [0.2, 0.25) is 0 Å². The normalized spacial score (nSPS) is 20.8. The molecule has 2 fully saturated rings. The predicted octanol–water partition coefficient (Wildman–Crippen LogP) is 5.33. The Labute approximate surface area is 182 Å². The molecule has 2 aliphatic heterocycles. The van der Waals surface area contributed by atoms with Gasteiger partial charge in [0.1, 0.15) is 12.3 Å². The van der Waals surface area contributed by atoms with E-state index < -0.39 is 6.17 Å². The van der Waals surface area contributed by atoms with Crippen molar-refractivity contribution < 1.29 is 13.9 Å². The fourth-order valence-electron chi connectivity index (χ4n) is 4.75. The van der Waals surface area contributed by atoms with Gasteiger partial charge in [0.25, 0.3) is 5.91 Å². The molecule has 0 radical (unpaired) electrons. The van der Waals surface area contributed by atoms with Crippen LogP contribution < -0.4 is 0 Å². The number of likely N-dealkylation sites (tertiary alicyclic amines) is 1. The van der Waals surface area contributed by atoms with Gasteiger partial charge in [-0.25, -0.2) is 4.39 Å². The minimum atomic E-state index is -1.01. The molecule has 1 aromatic heterocycles. The molecular formula is C26H27FN2O2. The maximum absolute atomic E-state index is 15.3. The first-order valence-electron chi connectivity index (χ1n) is 11.2. The van der Waals surface area contributed by atoms with E-state index in [1.54, 1.807) is 0 Å². The summed E-state index contributed by atoms with van der Waals surface area (Å²) in [5.41, 5.74) is 3.74. The Morgan fingerprint density at radius 2 is 1.81 bits per heavy atom. The highest BCUT2D eigenvalue weighted by Crippen LogP contribution is 2.35. The number of hydrogen-bond acceptors (Lipinski definition) is 3. The molecule has 4 nitrogen and oxygen atoms in total. The number of hydrogen-bond donors (Lipinski definition) is 0. The minimum absolute atomic E-state index is 0.0540. The summed E-state index contributed by atoms with van der Waals surface area (Å²) in [7, 11) is 0. The molecule has 2 aliphatic rings. The Bertz CT molecular complexity index is 1050. The van der Waals surface area contributed by atoms with Gasteiger partial charge < -0.3 is 9.64 Å². The second-order valence-electron chi connectivity index (χ2n) is 8.60. The van der Waals surface area contributed by atoms with E-state index in [1.165, 1.54) is 0 Å². The zero-order valence-electron chi connectivity index (χ0n) is 17.5. The largest absolute Gasteiger partial charge is 0.368 e. The number of fused-ring (bicyclic) bond motifs is 1. The van der Waals surface area contributed by atoms with E-state index >= 15 is 4.39 Å². The smallest absolute Gasteiger partial charge is 0.251 e. The monoisotopic (exact) mass is 418 g/mol. The molecule has 1 amide bonds. The van der Waals surface area contributed by atoms with Crippen LogP contribution >= 0.6 is 0 Å². The number of benzene rings is 2. The van der Waals surface area contributed by atoms with Crippen molar-refractivity contribution in [2.75, 3.05) is 19.7 Å². The summed E-state index contributed by atoms with van der Waals surface area (Å²) in [4.78, 5) is 18.9. The van der Waals surface area contributed by atoms with Gasteiger partial charge in [0.15, 0.2) is 0 Å². The molecule has 0 bridgehead atoms. The van der Waals surface area contributed by atoms with Crippen molar-refractivity contribution in [2.45, 2.75) is 38.0 Å². The summed E-state index contributed by atoms with van der Waals surface area (Å²) in [5, 5.41) is 1.09. The molecular weight excluding hydrogens is 391 g/mol. The van der Waals surface area contributed by atoms with Gasteiger partial charge in [-0.15, -0.1) is 0 Å². The lowest BCUT2D eigenvalue weighted by molar-refractivity contribution is -0.142. The van der Waals surface area contributed by atoms with E-state index in [0.717, 1.165) is 34.9 Å². The number of aromatic nitrogens is 1. The van der Waals surface area contributed by atoms with E-state index in [9.17, 15) is 4.79 Å². The fourth-order valence-corrected chi connectivity index (χ4v) is 4.75. The molecule has 0 saturated carbocycles. The van der Waals surface area contributed by atoms with E-state index in [1.807, 2.05) is 59.6 Å². The van der Waals surface area contributed by atoms with Gasteiger partial charge in [0.2, 0.25) is 0 Å². The number of ether oxygens (including phenoxy) is 1. The molecule has 0 spiro atoms. The standard InChI is InChI=1S/C26H27FN2O2/c27-25(20-11-13-29(14-12-20)26(30)24-6-3-15-31-24)19-9-7-18(8-10-19)22-16-21-4-1-2-5-23(21)28-17-22/h1-2,4-5,7-10,16-17,20,24-25H,3,6,11-15H2. The molecule has 2 saturated heterocycles. The molecule has 0 N–H and O–H groups in total. The van der Waals surface area contributed by atoms with Crippen LogP contribution in [0.1, 0.15) is 37.4 Å². The number of halogens is 1. The number of amides is 1. The lowest BCUT2D eigenvalue weighted by atomic mass is 9.87. The van der Waals surface area contributed by atoms with Crippen molar-refractivity contribution in [1.29, 1.82) is 0 Å². The van der Waals surface area contributed by atoms with Crippen LogP contribution in [-0.2, 0) is 9.53 Å². The Hall–Kier alpha value is -2.79. The zero-order valence-corrected chi connectivity index (χ0v) is 17.5. The zero-order chi connectivity index (χ0) is 21.2. The van der Waals surface area contributed by atoms with Crippen LogP contribution in [0.3, 0.4) is 0 Å². The number of piperidine rings is 1. The van der Waals surface area contributed by atoms with Crippen molar-refractivity contribution in [2.24, 2.45) is 5.92 Å². The van der Waals surface area contributed by atoms with Crippen molar-refractivity contribution in [1.82, 2.24) is 9.88 Å². The molecule has 3 aromatic rings. The third-order valence-corrected chi connectivity index (χ3v) is 6.62. The second-order valence-corrected chi connectivity index (χ2v) is 8.60. The predicted molar refractivity (Wildman–Crippen MR) is 119 cm³/mol. The van der Waals surface area contributed by atoms with Crippen LogP contribution in [-0.4, -0.2) is 41.6 Å². The molecule has 31 heavy (non-hydrogen) atoms. The van der Waals surface area contributed by atoms with Crippen LogP contribution in [0.4, 0.5) is 4.39 Å². The maximum atomic E-state index is 15.3. The van der Waals surface area contributed by atoms with E-state index in [0.29, 0.717) is 38.1 Å². The number of pyridine rings is 1. The van der Waals surface area contributed by atoms with Crippen molar-refractivity contribution in [3.8, 4) is 11.1 Å². The molecule has 2 atom stereocenters. The lowest BCUT2D eigenvalue weighted by Gasteiger charge is -2.34. The lowest BCUT2D eigenvalue weighted by Crippen LogP contribution is -2.44. The van der Waals surface area contributed by atoms with Crippen molar-refractivity contribution in [3.05, 3.63) is 66.4 Å². The van der Waals surface area contributed by atoms with Crippen LogP contribution in [0, 0.1) is 5.92 Å². The van der Waals surface area contributed by atoms with Gasteiger partial charge in [0, 0.05) is 36.8 Å². The van der Waals surface area contributed by atoms with Gasteiger partial charge >= 0.3 is 0 Å². The van der Waals surface area contributed by atoms with E-state index in [2.05, 4.69) is 11.1 Å². The average molecular weight is 419 g/mol. The first kappa shape index (κ1) is 20.1. The van der Waals surface area contributed by atoms with Gasteiger partial charge in [-0.1, -0.05) is 42.5 Å². The number of nitrogens with zero attached hydrogens (tertiary/aromatic N) is 2. The SMILES string of the molecule is O=C(C1CCCO1)N1CCC(C(F)c2ccc(-c3cnc4ccccc4c3)cc2)CC1. The van der Waals surface area contributed by atoms with E-state index in [-0.39, 0.29) is 17.9 Å². The molecule has 2 aromatic carbocycles. The van der Waals surface area contributed by atoms with Gasteiger partial charge in [-0.05, 0) is 54.9 Å². The quantitative estimate of drug-likeness (QED) is 0.575. The first-order valence-corrected chi connectivity index (χ1v) is 11.2. The molecule has 3 heterocycles. The number of carbonyl (C=O) groups is 1. The van der Waals surface area contributed by atoms with Gasteiger partial charge in [-0.3, -0.25) is 9.78 Å². The number of carbonyl (C=O) groups excluding carboxylic acids is 1. The molecule has 160 valence electrons. The fraction of sp³-hybridized carbons (Fsp3) is 0.385. The highest BCUT2D eigenvalue weighted by atomic mass is 19.1. The summed E-state index contributed by atoms with van der Waals surface area (Å²) in [6.07, 6.45) is 3.71. The number of alkyl halides is 1. The second kappa shape index (κ2) is 8.75. The highest BCUT2D eigenvalue weighted by Gasteiger charge is 2.33. The Kier molecular flexibility index (Phi) is 5.68. The minimum Gasteiger partial charge on any atom is -0.368 e. The third kappa shape index (κ3) is 4.19. The molecule has 5 rings (SSSR count). The molecule has 2 unspecified atom stereocenters.